The standard InChI is InChI=1S/C14H21NO14S.2Na/c1-4(17)15-8-11(10(29-30(23,24)25)7(3-16)26-13(8)22)28-14-9(19)5(18)2-6(27-14)12(20)21;;/h2,5,7-11,13-14,16,18-19,22H,3H2,1H3,(H,15,17)(H,20,21)(H,23,24,25);;/q;2*+1/p-2. The topological polar surface area (TPSA) is 244 Å². The molecule has 18 heteroatoms. The zero-order valence-corrected chi connectivity index (χ0v) is 22.0. The summed E-state index contributed by atoms with van der Waals surface area (Å²) in [4.78, 5) is 22.5. The molecule has 172 valence electrons. The molecule has 15 nitrogen and oxygen atoms in total. The Morgan fingerprint density at radius 2 is 1.81 bits per heavy atom. The molecule has 8 unspecified atom stereocenters. The van der Waals surface area contributed by atoms with Crippen LogP contribution in [0, 0.1) is 0 Å². The summed E-state index contributed by atoms with van der Waals surface area (Å²) in [6, 6.07) is -1.64. The number of aliphatic carboxylic acids is 1. The number of amides is 1. The summed E-state index contributed by atoms with van der Waals surface area (Å²) in [6.45, 7) is 0.0273. The summed E-state index contributed by atoms with van der Waals surface area (Å²) in [5, 5.41) is 52.5. The van der Waals surface area contributed by atoms with Crippen molar-refractivity contribution >= 4 is 22.3 Å². The van der Waals surface area contributed by atoms with Crippen LogP contribution < -0.4 is 69.5 Å². The number of carbonyl (C=O) groups excluding carboxylic acids is 2. The molecule has 1 fully saturated rings. The molecule has 0 saturated carbocycles. The van der Waals surface area contributed by atoms with E-state index in [-0.39, 0.29) is 59.1 Å². The molecular weight excluding hydrogens is 484 g/mol. The summed E-state index contributed by atoms with van der Waals surface area (Å²) in [5.41, 5.74) is 0. The van der Waals surface area contributed by atoms with E-state index < -0.39 is 83.8 Å². The van der Waals surface area contributed by atoms with Gasteiger partial charge < -0.3 is 54.4 Å². The van der Waals surface area contributed by atoms with Crippen LogP contribution in [0.5, 0.6) is 0 Å². The van der Waals surface area contributed by atoms with Crippen molar-refractivity contribution in [2.24, 2.45) is 0 Å². The molecule has 2 aliphatic heterocycles. The predicted octanol–water partition coefficient (Wildman–Crippen LogP) is -11.8. The van der Waals surface area contributed by atoms with Crippen LogP contribution in [0.3, 0.4) is 0 Å². The minimum absolute atomic E-state index is 0. The van der Waals surface area contributed by atoms with Gasteiger partial charge in [0.15, 0.2) is 6.29 Å². The van der Waals surface area contributed by atoms with E-state index in [9.17, 15) is 48.1 Å². The molecule has 0 spiro atoms. The number of aliphatic hydroxyl groups is 4. The zero-order valence-electron chi connectivity index (χ0n) is 17.2. The molecule has 1 amide bonds. The minimum Gasteiger partial charge on any atom is -0.726 e. The van der Waals surface area contributed by atoms with Crippen molar-refractivity contribution in [1.29, 1.82) is 0 Å². The summed E-state index contributed by atoms with van der Waals surface area (Å²) < 4.78 is 52.8. The number of carbonyl (C=O) groups is 2. The third-order valence-electron chi connectivity index (χ3n) is 4.13. The average Bonchev–Trinajstić information content (AvgIpc) is 2.61. The number of hydrogen-bond acceptors (Lipinski definition) is 14. The fourth-order valence-electron chi connectivity index (χ4n) is 2.90. The Balaban J connectivity index is 0.00000480. The van der Waals surface area contributed by atoms with Crippen LogP contribution in [0.25, 0.3) is 0 Å². The minimum atomic E-state index is -5.44. The third kappa shape index (κ3) is 8.40. The molecule has 0 aliphatic carbocycles. The van der Waals surface area contributed by atoms with Crippen molar-refractivity contribution in [2.45, 2.75) is 56.1 Å². The van der Waals surface area contributed by atoms with Crippen LogP contribution in [0.15, 0.2) is 11.8 Å². The number of carboxylic acids is 1. The predicted molar refractivity (Wildman–Crippen MR) is 85.0 cm³/mol. The van der Waals surface area contributed by atoms with Crippen molar-refractivity contribution < 1.29 is 126 Å². The third-order valence-corrected chi connectivity index (χ3v) is 4.59. The molecule has 0 bridgehead atoms. The second-order valence-electron chi connectivity index (χ2n) is 6.33. The molecule has 8 atom stereocenters. The fraction of sp³-hybridized carbons (Fsp3) is 0.714. The first-order chi connectivity index (χ1) is 13.8. The Morgan fingerprint density at radius 3 is 2.28 bits per heavy atom. The van der Waals surface area contributed by atoms with Crippen molar-refractivity contribution in [2.75, 3.05) is 6.61 Å². The molecule has 1 saturated heterocycles. The van der Waals surface area contributed by atoms with Crippen LogP contribution in [0.4, 0.5) is 0 Å². The van der Waals surface area contributed by atoms with Crippen LogP contribution in [-0.2, 0) is 38.4 Å². The zero-order chi connectivity index (χ0) is 22.8. The first kappa shape index (κ1) is 32.1. The van der Waals surface area contributed by atoms with Gasteiger partial charge >= 0.3 is 59.1 Å². The van der Waals surface area contributed by atoms with Gasteiger partial charge in [0.25, 0.3) is 0 Å². The molecule has 2 aliphatic rings. The Kier molecular flexibility index (Phi) is 13.3. The van der Waals surface area contributed by atoms with E-state index in [0.717, 1.165) is 6.92 Å². The quantitative estimate of drug-likeness (QED) is 0.123. The number of aliphatic hydroxyl groups excluding tert-OH is 4. The van der Waals surface area contributed by atoms with Crippen LogP contribution in [0.2, 0.25) is 0 Å². The second kappa shape index (κ2) is 13.3. The van der Waals surface area contributed by atoms with E-state index in [0.29, 0.717) is 6.08 Å². The second-order valence-corrected chi connectivity index (χ2v) is 7.34. The monoisotopic (exact) mass is 503 g/mol. The molecule has 5 N–H and O–H groups in total. The van der Waals surface area contributed by atoms with Gasteiger partial charge in [-0.3, -0.25) is 8.98 Å². The SMILES string of the molecule is CC(=O)NC1C(O)OC(CO)C(OS(=O)(=O)[O-])C1OC1OC(C(=O)[O-])=CC(O)C1O.[Na+].[Na+]. The van der Waals surface area contributed by atoms with Gasteiger partial charge in [0.1, 0.15) is 48.3 Å². The maximum atomic E-state index is 11.5. The molecule has 2 rings (SSSR count). The molecular formula is C14H19NNa2O14S. The Hall–Kier alpha value is 0.110. The van der Waals surface area contributed by atoms with Gasteiger partial charge in [-0.2, -0.15) is 0 Å². The van der Waals surface area contributed by atoms with E-state index in [4.69, 9.17) is 14.2 Å². The first-order valence-corrected chi connectivity index (χ1v) is 9.64. The number of carboxylic acid groups (broad SMARTS) is 1. The van der Waals surface area contributed by atoms with E-state index in [1.54, 1.807) is 0 Å². The summed E-state index contributed by atoms with van der Waals surface area (Å²) in [5.74, 6) is -3.60. The van der Waals surface area contributed by atoms with Gasteiger partial charge in [0.05, 0.1) is 6.61 Å². The molecule has 2 heterocycles. The van der Waals surface area contributed by atoms with E-state index in [1.165, 1.54) is 0 Å². The average molecular weight is 503 g/mol. The normalized spacial score (nSPS) is 34.8. The van der Waals surface area contributed by atoms with Gasteiger partial charge in [-0.1, -0.05) is 0 Å². The summed E-state index contributed by atoms with van der Waals surface area (Å²) in [7, 11) is -5.44. The maximum absolute atomic E-state index is 11.5. The number of nitrogens with one attached hydrogen (secondary N) is 1. The smallest absolute Gasteiger partial charge is 0.726 e. The molecule has 32 heavy (non-hydrogen) atoms. The largest absolute Gasteiger partial charge is 1.00 e. The van der Waals surface area contributed by atoms with E-state index in [2.05, 4.69) is 9.50 Å². The molecule has 0 radical (unpaired) electrons. The van der Waals surface area contributed by atoms with Crippen LogP contribution >= 0.6 is 0 Å². The Bertz CT molecular complexity index is 794. The van der Waals surface area contributed by atoms with Gasteiger partial charge in [0, 0.05) is 6.92 Å². The van der Waals surface area contributed by atoms with Crippen molar-refractivity contribution in [3.05, 3.63) is 11.8 Å². The van der Waals surface area contributed by atoms with Gasteiger partial charge in [-0.15, -0.1) is 0 Å². The van der Waals surface area contributed by atoms with Gasteiger partial charge in [-0.25, -0.2) is 8.42 Å². The first-order valence-electron chi connectivity index (χ1n) is 8.31. The van der Waals surface area contributed by atoms with Crippen molar-refractivity contribution in [3.8, 4) is 0 Å². The Morgan fingerprint density at radius 1 is 1.22 bits per heavy atom. The number of ether oxygens (including phenoxy) is 3. The van der Waals surface area contributed by atoms with Crippen LogP contribution in [-0.4, -0.2) is 101 Å². The molecule has 0 aromatic rings. The number of rotatable bonds is 7. The molecule has 0 aromatic carbocycles. The van der Waals surface area contributed by atoms with Crippen molar-refractivity contribution in [3.63, 3.8) is 0 Å². The van der Waals surface area contributed by atoms with Gasteiger partial charge in [-0.05, 0) is 6.08 Å². The van der Waals surface area contributed by atoms with Crippen LogP contribution in [0.1, 0.15) is 6.92 Å². The number of hydrogen-bond donors (Lipinski definition) is 5. The van der Waals surface area contributed by atoms with E-state index in [1.807, 2.05) is 0 Å². The Labute approximate surface area is 226 Å². The fourth-order valence-corrected chi connectivity index (χ4v) is 3.40. The van der Waals surface area contributed by atoms with E-state index >= 15 is 0 Å². The van der Waals surface area contributed by atoms with Crippen molar-refractivity contribution in [1.82, 2.24) is 5.32 Å². The molecule has 0 aromatic heterocycles. The maximum Gasteiger partial charge on any atom is 1.00 e. The summed E-state index contributed by atoms with van der Waals surface area (Å²) in [6.07, 6.45) is -12.6. The van der Waals surface area contributed by atoms with Gasteiger partial charge in [0.2, 0.25) is 22.6 Å². The summed E-state index contributed by atoms with van der Waals surface area (Å²) >= 11 is 0.